The second-order valence-corrected chi connectivity index (χ2v) is 7.17. The first-order chi connectivity index (χ1) is 9.72. The van der Waals surface area contributed by atoms with Crippen LogP contribution in [0.5, 0.6) is 0 Å². The molecule has 0 aromatic carbocycles. The smallest absolute Gasteiger partial charge is 0.264 e. The van der Waals surface area contributed by atoms with Gasteiger partial charge in [0.05, 0.1) is 11.5 Å². The molecule has 1 aromatic heterocycles. The second kappa shape index (κ2) is 5.86. The molecule has 1 aromatic rings. The Labute approximate surface area is 124 Å². The van der Waals surface area contributed by atoms with Crippen LogP contribution in [0.4, 0.5) is 0 Å². The average Bonchev–Trinajstić information content (AvgIpc) is 3.21. The number of carbonyl (C=O) groups is 1. The maximum absolute atomic E-state index is 12.6. The Morgan fingerprint density at radius 3 is 2.90 bits per heavy atom. The number of fused-ring (bicyclic) bond motifs is 1. The van der Waals surface area contributed by atoms with Crippen molar-refractivity contribution in [1.82, 2.24) is 4.90 Å². The SMILES string of the molecule is CCC1CCc2sc(C(=O)N(CCO)C3CC3)cc2C1. The van der Waals surface area contributed by atoms with Crippen molar-refractivity contribution in [2.45, 2.75) is 51.5 Å². The van der Waals surface area contributed by atoms with Gasteiger partial charge in [-0.2, -0.15) is 0 Å². The average molecular weight is 293 g/mol. The van der Waals surface area contributed by atoms with Crippen LogP contribution in [0.15, 0.2) is 6.07 Å². The highest BCUT2D eigenvalue weighted by molar-refractivity contribution is 7.14. The van der Waals surface area contributed by atoms with Crippen molar-refractivity contribution in [3.63, 3.8) is 0 Å². The summed E-state index contributed by atoms with van der Waals surface area (Å²) in [6.07, 6.45) is 6.95. The minimum Gasteiger partial charge on any atom is -0.395 e. The zero-order valence-electron chi connectivity index (χ0n) is 12.1. The van der Waals surface area contributed by atoms with Crippen LogP contribution in [0.2, 0.25) is 0 Å². The third kappa shape index (κ3) is 2.77. The van der Waals surface area contributed by atoms with E-state index in [4.69, 9.17) is 5.11 Å². The third-order valence-corrected chi connectivity index (χ3v) is 5.79. The number of nitrogens with zero attached hydrogens (tertiary/aromatic N) is 1. The van der Waals surface area contributed by atoms with Crippen molar-refractivity contribution in [2.24, 2.45) is 5.92 Å². The molecule has 2 aliphatic rings. The molecule has 1 atom stereocenters. The number of aliphatic hydroxyl groups excluding tert-OH is 1. The van der Waals surface area contributed by atoms with Gasteiger partial charge in [0.25, 0.3) is 5.91 Å². The van der Waals surface area contributed by atoms with Crippen LogP contribution in [-0.4, -0.2) is 35.1 Å². The number of aliphatic hydroxyl groups is 1. The van der Waals surface area contributed by atoms with Crippen molar-refractivity contribution in [1.29, 1.82) is 0 Å². The van der Waals surface area contributed by atoms with E-state index in [0.717, 1.165) is 36.5 Å². The minimum absolute atomic E-state index is 0.0608. The molecule has 0 saturated heterocycles. The molecule has 2 aliphatic carbocycles. The first-order valence-electron chi connectivity index (χ1n) is 7.76. The Balaban J connectivity index is 1.77. The number of hydrogen-bond acceptors (Lipinski definition) is 3. The molecule has 0 spiro atoms. The zero-order chi connectivity index (χ0) is 14.1. The molecule has 3 nitrogen and oxygen atoms in total. The molecule has 0 radical (unpaired) electrons. The largest absolute Gasteiger partial charge is 0.395 e. The molecule has 1 N–H and O–H groups in total. The minimum atomic E-state index is 0.0608. The summed E-state index contributed by atoms with van der Waals surface area (Å²) >= 11 is 1.68. The molecule has 1 unspecified atom stereocenters. The van der Waals surface area contributed by atoms with Crippen LogP contribution in [0.25, 0.3) is 0 Å². The molecule has 1 heterocycles. The van der Waals surface area contributed by atoms with Gasteiger partial charge in [-0.1, -0.05) is 13.3 Å². The normalized spacial score (nSPS) is 21.6. The number of hydrogen-bond donors (Lipinski definition) is 1. The fourth-order valence-electron chi connectivity index (χ4n) is 3.14. The predicted octanol–water partition coefficient (Wildman–Crippen LogP) is 2.86. The van der Waals surface area contributed by atoms with E-state index >= 15 is 0 Å². The molecular formula is C16H23NO2S. The van der Waals surface area contributed by atoms with E-state index < -0.39 is 0 Å². The molecule has 1 fully saturated rings. The van der Waals surface area contributed by atoms with Crippen LogP contribution in [0.1, 0.15) is 52.7 Å². The first-order valence-corrected chi connectivity index (χ1v) is 8.58. The molecular weight excluding hydrogens is 270 g/mol. The van der Waals surface area contributed by atoms with Crippen molar-refractivity contribution in [3.8, 4) is 0 Å². The summed E-state index contributed by atoms with van der Waals surface area (Å²) in [5, 5.41) is 9.15. The van der Waals surface area contributed by atoms with E-state index in [1.165, 1.54) is 23.3 Å². The fourth-order valence-corrected chi connectivity index (χ4v) is 4.30. The summed E-state index contributed by atoms with van der Waals surface area (Å²) in [7, 11) is 0. The van der Waals surface area contributed by atoms with E-state index in [0.29, 0.717) is 12.6 Å². The van der Waals surface area contributed by atoms with Crippen molar-refractivity contribution >= 4 is 17.2 Å². The van der Waals surface area contributed by atoms with Gasteiger partial charge in [-0.15, -0.1) is 11.3 Å². The summed E-state index contributed by atoms with van der Waals surface area (Å²) in [5.74, 6) is 0.922. The monoisotopic (exact) mass is 293 g/mol. The van der Waals surface area contributed by atoms with Gasteiger partial charge >= 0.3 is 0 Å². The van der Waals surface area contributed by atoms with E-state index in [9.17, 15) is 4.79 Å². The number of thiophene rings is 1. The lowest BCUT2D eigenvalue weighted by Crippen LogP contribution is -2.35. The number of aryl methyl sites for hydroxylation is 1. The number of rotatable bonds is 5. The third-order valence-electron chi connectivity index (χ3n) is 4.56. The number of amides is 1. The molecule has 20 heavy (non-hydrogen) atoms. The highest BCUT2D eigenvalue weighted by atomic mass is 32.1. The molecule has 0 aliphatic heterocycles. The predicted molar refractivity (Wildman–Crippen MR) is 81.3 cm³/mol. The van der Waals surface area contributed by atoms with Crippen molar-refractivity contribution in [3.05, 3.63) is 21.4 Å². The summed E-state index contributed by atoms with van der Waals surface area (Å²) < 4.78 is 0. The summed E-state index contributed by atoms with van der Waals surface area (Å²) in [6.45, 7) is 2.79. The zero-order valence-corrected chi connectivity index (χ0v) is 12.9. The molecule has 1 amide bonds. The fraction of sp³-hybridized carbons (Fsp3) is 0.688. The maximum atomic E-state index is 12.6. The van der Waals surface area contributed by atoms with E-state index in [-0.39, 0.29) is 12.5 Å². The number of carbonyl (C=O) groups excluding carboxylic acids is 1. The first kappa shape index (κ1) is 14.1. The summed E-state index contributed by atoms with van der Waals surface area (Å²) in [6, 6.07) is 2.49. The van der Waals surface area contributed by atoms with Gasteiger partial charge in [-0.25, -0.2) is 0 Å². The van der Waals surface area contributed by atoms with Gasteiger partial charge < -0.3 is 10.0 Å². The van der Waals surface area contributed by atoms with E-state index in [1.54, 1.807) is 11.3 Å². The molecule has 110 valence electrons. The van der Waals surface area contributed by atoms with Crippen LogP contribution in [0.3, 0.4) is 0 Å². The van der Waals surface area contributed by atoms with Gasteiger partial charge in [-0.3, -0.25) is 4.79 Å². The van der Waals surface area contributed by atoms with Crippen LogP contribution >= 0.6 is 11.3 Å². The standard InChI is InChI=1S/C16H23NO2S/c1-2-11-3-6-14-12(9-11)10-15(20-14)16(19)17(7-8-18)13-4-5-13/h10-11,13,18H,2-9H2,1H3. The van der Waals surface area contributed by atoms with Gasteiger partial charge in [0.2, 0.25) is 0 Å². The molecule has 0 bridgehead atoms. The van der Waals surface area contributed by atoms with Crippen LogP contribution < -0.4 is 0 Å². The Hall–Kier alpha value is -0.870. The second-order valence-electron chi connectivity index (χ2n) is 6.03. The van der Waals surface area contributed by atoms with E-state index in [2.05, 4.69) is 13.0 Å². The highest BCUT2D eigenvalue weighted by Gasteiger charge is 2.34. The Morgan fingerprint density at radius 1 is 1.45 bits per heavy atom. The van der Waals surface area contributed by atoms with Gasteiger partial charge in [0.15, 0.2) is 0 Å². The lowest BCUT2D eigenvalue weighted by molar-refractivity contribution is 0.0712. The Kier molecular flexibility index (Phi) is 4.13. The Morgan fingerprint density at radius 2 is 2.25 bits per heavy atom. The van der Waals surface area contributed by atoms with Crippen LogP contribution in [0, 0.1) is 5.92 Å². The van der Waals surface area contributed by atoms with Gasteiger partial charge in [0, 0.05) is 17.5 Å². The summed E-state index contributed by atoms with van der Waals surface area (Å²) in [4.78, 5) is 16.8. The molecule has 3 rings (SSSR count). The summed E-state index contributed by atoms with van der Waals surface area (Å²) in [5.41, 5.74) is 1.40. The van der Waals surface area contributed by atoms with Crippen LogP contribution in [-0.2, 0) is 12.8 Å². The maximum Gasteiger partial charge on any atom is 0.264 e. The lowest BCUT2D eigenvalue weighted by Gasteiger charge is -2.20. The van der Waals surface area contributed by atoms with E-state index in [1.807, 2.05) is 4.90 Å². The molecule has 1 saturated carbocycles. The van der Waals surface area contributed by atoms with Gasteiger partial charge in [0.1, 0.15) is 0 Å². The Bertz CT molecular complexity index is 493. The topological polar surface area (TPSA) is 40.5 Å². The lowest BCUT2D eigenvalue weighted by atomic mass is 9.87. The quantitative estimate of drug-likeness (QED) is 0.907. The van der Waals surface area contributed by atoms with Gasteiger partial charge in [-0.05, 0) is 49.7 Å². The molecule has 4 heteroatoms. The van der Waals surface area contributed by atoms with Crippen molar-refractivity contribution < 1.29 is 9.90 Å². The van der Waals surface area contributed by atoms with Crippen molar-refractivity contribution in [2.75, 3.05) is 13.2 Å². The highest BCUT2D eigenvalue weighted by Crippen LogP contribution is 2.35.